The first kappa shape index (κ1) is 22.9. The Kier molecular flexibility index (Phi) is 5.31. The Bertz CT molecular complexity index is 1910. The van der Waals surface area contributed by atoms with E-state index in [9.17, 15) is 12.8 Å². The smallest absolute Gasteiger partial charge is 0.209 e. The molecule has 0 atom stereocenters. The maximum absolute atomic E-state index is 14.5. The van der Waals surface area contributed by atoms with Crippen molar-refractivity contribution in [1.82, 2.24) is 44.6 Å². The molecule has 186 valence electrons. The van der Waals surface area contributed by atoms with Gasteiger partial charge in [-0.25, -0.2) is 27.5 Å². The van der Waals surface area contributed by atoms with Crippen LogP contribution in [0.1, 0.15) is 5.56 Å². The molecule has 0 amide bonds. The van der Waals surface area contributed by atoms with Crippen LogP contribution in [0.2, 0.25) is 0 Å². The van der Waals surface area contributed by atoms with Gasteiger partial charge in [-0.3, -0.25) is 14.8 Å². The number of fused-ring (bicyclic) bond motifs is 2. The zero-order valence-electron chi connectivity index (χ0n) is 19.7. The lowest BCUT2D eigenvalue weighted by atomic mass is 10.1. The van der Waals surface area contributed by atoms with Crippen LogP contribution >= 0.6 is 0 Å². The Morgan fingerprint density at radius 2 is 1.86 bits per heavy atom. The van der Waals surface area contributed by atoms with Crippen LogP contribution in [0, 0.1) is 5.82 Å². The highest BCUT2D eigenvalue weighted by Gasteiger charge is 2.18. The summed E-state index contributed by atoms with van der Waals surface area (Å²) in [6.07, 6.45) is 6.27. The molecule has 11 nitrogen and oxygen atoms in total. The van der Waals surface area contributed by atoms with Gasteiger partial charge in [0.2, 0.25) is 10.0 Å². The number of pyridine rings is 2. The van der Waals surface area contributed by atoms with Gasteiger partial charge in [0, 0.05) is 37.1 Å². The number of aromatic nitrogens is 8. The van der Waals surface area contributed by atoms with Crippen LogP contribution in [0.4, 0.5) is 4.39 Å². The molecular formula is C24H20FN9O2S. The molecule has 0 saturated heterocycles. The molecule has 6 rings (SSSR count). The number of imidazole rings is 1. The summed E-state index contributed by atoms with van der Waals surface area (Å²) in [4.78, 5) is 17.2. The van der Waals surface area contributed by atoms with Crippen molar-refractivity contribution < 1.29 is 12.8 Å². The van der Waals surface area contributed by atoms with Crippen molar-refractivity contribution in [2.45, 2.75) is 6.54 Å². The summed E-state index contributed by atoms with van der Waals surface area (Å²) < 4.78 is 41.5. The van der Waals surface area contributed by atoms with Gasteiger partial charge in [0.05, 0.1) is 34.9 Å². The molecule has 0 saturated carbocycles. The number of aryl methyl sites for hydroxylation is 1. The first-order valence-electron chi connectivity index (χ1n) is 11.2. The molecule has 0 spiro atoms. The molecule has 0 aliphatic heterocycles. The zero-order valence-corrected chi connectivity index (χ0v) is 20.5. The fourth-order valence-electron chi connectivity index (χ4n) is 4.14. The lowest BCUT2D eigenvalue weighted by Gasteiger charge is -2.07. The Morgan fingerprint density at radius 1 is 1.03 bits per heavy atom. The molecule has 3 N–H and O–H groups in total. The van der Waals surface area contributed by atoms with Gasteiger partial charge in [-0.05, 0) is 42.0 Å². The molecule has 0 fully saturated rings. The average Bonchev–Trinajstić information content (AvgIpc) is 3.58. The second-order valence-corrected chi connectivity index (χ2v) is 10.5. The van der Waals surface area contributed by atoms with Gasteiger partial charge in [-0.15, -0.1) is 0 Å². The fraction of sp³-hybridized carbons (Fsp3) is 0.125. The third kappa shape index (κ3) is 4.45. The van der Waals surface area contributed by atoms with Gasteiger partial charge in [-0.1, -0.05) is 0 Å². The van der Waals surface area contributed by atoms with Crippen LogP contribution in [0.5, 0.6) is 0 Å². The standard InChI is InChI=1S/C24H20FN9O2S/c1-34-12-15(11-27-34)17-3-4-19-22(29-17)23(33-32-19)24-30-18-5-6-26-20(21(18)31-24)14-7-13(8-16(25)9-14)10-28-37(2,35)36/h3-9,11-12,28H,10H2,1-2H3,(H,30,31)(H,32,33). The molecule has 5 heterocycles. The number of rotatable bonds is 6. The fourth-order valence-corrected chi connectivity index (χ4v) is 4.57. The topological polar surface area (TPSA) is 147 Å². The van der Waals surface area contributed by atoms with Crippen molar-refractivity contribution in [3.63, 3.8) is 0 Å². The minimum atomic E-state index is -3.43. The van der Waals surface area contributed by atoms with E-state index in [-0.39, 0.29) is 6.54 Å². The SMILES string of the molecule is Cn1cc(-c2ccc3[nH]nc(-c4nc5c(-c6cc(F)cc(CNS(C)(=O)=O)c6)nccc5[nH]4)c3n2)cn1. The Morgan fingerprint density at radius 3 is 2.65 bits per heavy atom. The van der Waals surface area contributed by atoms with E-state index in [1.54, 1.807) is 29.2 Å². The zero-order chi connectivity index (χ0) is 25.7. The van der Waals surface area contributed by atoms with E-state index in [4.69, 9.17) is 9.97 Å². The lowest BCUT2D eigenvalue weighted by molar-refractivity contribution is 0.586. The van der Waals surface area contributed by atoms with E-state index in [2.05, 4.69) is 30.0 Å². The highest BCUT2D eigenvalue weighted by Crippen LogP contribution is 2.31. The summed E-state index contributed by atoms with van der Waals surface area (Å²) in [5, 5.41) is 11.6. The van der Waals surface area contributed by atoms with Gasteiger partial charge in [0.15, 0.2) is 11.5 Å². The highest BCUT2D eigenvalue weighted by atomic mass is 32.2. The van der Waals surface area contributed by atoms with Crippen LogP contribution in [-0.2, 0) is 23.6 Å². The molecule has 0 aliphatic rings. The summed E-state index contributed by atoms with van der Waals surface area (Å²) in [5.41, 5.74) is 6.10. The Labute approximate surface area is 209 Å². The number of nitrogens with one attached hydrogen (secondary N) is 3. The number of hydrogen-bond acceptors (Lipinski definition) is 7. The van der Waals surface area contributed by atoms with Crippen molar-refractivity contribution in [2.24, 2.45) is 7.05 Å². The normalized spacial score (nSPS) is 12.1. The number of aromatic amines is 2. The molecule has 5 aromatic heterocycles. The van der Waals surface area contributed by atoms with Crippen LogP contribution in [0.3, 0.4) is 0 Å². The summed E-state index contributed by atoms with van der Waals surface area (Å²) >= 11 is 0. The van der Waals surface area contributed by atoms with Gasteiger partial charge >= 0.3 is 0 Å². The van der Waals surface area contributed by atoms with Crippen molar-refractivity contribution in [3.8, 4) is 34.0 Å². The van der Waals surface area contributed by atoms with E-state index in [1.807, 2.05) is 25.4 Å². The molecule has 0 bridgehead atoms. The third-order valence-corrected chi connectivity index (χ3v) is 6.47. The minimum absolute atomic E-state index is 0.0460. The lowest BCUT2D eigenvalue weighted by Crippen LogP contribution is -2.21. The highest BCUT2D eigenvalue weighted by molar-refractivity contribution is 7.88. The van der Waals surface area contributed by atoms with E-state index in [1.165, 1.54) is 12.1 Å². The van der Waals surface area contributed by atoms with Crippen LogP contribution in [0.15, 0.2) is 55.0 Å². The van der Waals surface area contributed by atoms with Crippen LogP contribution in [0.25, 0.3) is 56.1 Å². The maximum Gasteiger partial charge on any atom is 0.209 e. The van der Waals surface area contributed by atoms with E-state index in [0.29, 0.717) is 44.9 Å². The predicted molar refractivity (Wildman–Crippen MR) is 136 cm³/mol. The van der Waals surface area contributed by atoms with E-state index < -0.39 is 15.8 Å². The maximum atomic E-state index is 14.5. The first-order chi connectivity index (χ1) is 17.7. The Balaban J connectivity index is 1.43. The quantitative estimate of drug-likeness (QED) is 0.307. The second-order valence-electron chi connectivity index (χ2n) is 8.65. The third-order valence-electron chi connectivity index (χ3n) is 5.80. The van der Waals surface area contributed by atoms with E-state index >= 15 is 0 Å². The molecule has 1 aromatic carbocycles. The van der Waals surface area contributed by atoms with Gasteiger partial charge in [0.25, 0.3) is 0 Å². The number of halogens is 1. The summed E-state index contributed by atoms with van der Waals surface area (Å²) in [5.74, 6) is -0.0375. The number of sulfonamides is 1. The minimum Gasteiger partial charge on any atom is -0.336 e. The van der Waals surface area contributed by atoms with Crippen molar-refractivity contribution >= 4 is 32.1 Å². The predicted octanol–water partition coefficient (Wildman–Crippen LogP) is 3.15. The second kappa shape index (κ2) is 8.57. The number of hydrogen-bond donors (Lipinski definition) is 3. The number of benzene rings is 1. The number of nitrogens with zero attached hydrogens (tertiary/aromatic N) is 6. The summed E-state index contributed by atoms with van der Waals surface area (Å²) in [7, 11) is -1.59. The van der Waals surface area contributed by atoms with Crippen LogP contribution < -0.4 is 4.72 Å². The molecule has 37 heavy (non-hydrogen) atoms. The Hall–Kier alpha value is -4.49. The van der Waals surface area contributed by atoms with Gasteiger partial charge < -0.3 is 4.98 Å². The van der Waals surface area contributed by atoms with Gasteiger partial charge in [0.1, 0.15) is 16.9 Å². The summed E-state index contributed by atoms with van der Waals surface area (Å²) in [6, 6.07) is 9.86. The first-order valence-corrected chi connectivity index (χ1v) is 13.1. The van der Waals surface area contributed by atoms with Crippen LogP contribution in [-0.4, -0.2) is 54.6 Å². The number of H-pyrrole nitrogens is 2. The molecule has 0 unspecified atom stereocenters. The molecule has 6 aromatic rings. The van der Waals surface area contributed by atoms with E-state index in [0.717, 1.165) is 23.0 Å². The molecular weight excluding hydrogens is 497 g/mol. The largest absolute Gasteiger partial charge is 0.336 e. The van der Waals surface area contributed by atoms with Crippen molar-refractivity contribution in [1.29, 1.82) is 0 Å². The van der Waals surface area contributed by atoms with Gasteiger partial charge in [-0.2, -0.15) is 10.2 Å². The monoisotopic (exact) mass is 517 g/mol. The molecule has 13 heteroatoms. The molecule has 0 radical (unpaired) electrons. The average molecular weight is 518 g/mol. The summed E-state index contributed by atoms with van der Waals surface area (Å²) in [6.45, 7) is -0.0460. The molecule has 0 aliphatic carbocycles. The van der Waals surface area contributed by atoms with Crippen molar-refractivity contribution in [3.05, 3.63) is 66.4 Å². The van der Waals surface area contributed by atoms with Crippen molar-refractivity contribution in [2.75, 3.05) is 6.26 Å².